The number of halogens is 3. The Morgan fingerprint density at radius 3 is 2.34 bits per heavy atom. The first-order chi connectivity index (χ1) is 15.3. The summed E-state index contributed by atoms with van der Waals surface area (Å²) in [5, 5.41) is 8.13. The Labute approximate surface area is 181 Å². The van der Waals surface area contributed by atoms with Gasteiger partial charge in [-0.2, -0.15) is 13.2 Å². The molecule has 160 valence electrons. The molecule has 0 radical (unpaired) electrons. The van der Waals surface area contributed by atoms with Crippen molar-refractivity contribution in [2.75, 3.05) is 4.90 Å². The number of alkyl halides is 3. The van der Waals surface area contributed by atoms with Crippen molar-refractivity contribution in [2.24, 2.45) is 7.05 Å². The fraction of sp³-hybridized carbons (Fsp3) is 0.125. The van der Waals surface area contributed by atoms with Crippen molar-refractivity contribution >= 4 is 11.6 Å². The lowest BCUT2D eigenvalue weighted by molar-refractivity contribution is -0.138. The Morgan fingerprint density at radius 1 is 0.906 bits per heavy atom. The van der Waals surface area contributed by atoms with Crippen molar-refractivity contribution in [3.63, 3.8) is 0 Å². The van der Waals surface area contributed by atoms with E-state index >= 15 is 0 Å². The van der Waals surface area contributed by atoms with Gasteiger partial charge in [0.15, 0.2) is 5.82 Å². The fourth-order valence-corrected chi connectivity index (χ4v) is 4.11. The van der Waals surface area contributed by atoms with Crippen LogP contribution in [-0.2, 0) is 19.8 Å². The number of hydrogen-bond donors (Lipinski definition) is 0. The molecule has 0 unspecified atom stereocenters. The van der Waals surface area contributed by atoms with Crippen LogP contribution in [0.5, 0.6) is 0 Å². The van der Waals surface area contributed by atoms with Crippen molar-refractivity contribution in [3.8, 4) is 22.5 Å². The molecule has 5 nitrogen and oxygen atoms in total. The smallest absolute Gasteiger partial charge is 0.317 e. The largest absolute Gasteiger partial charge is 0.416 e. The van der Waals surface area contributed by atoms with Crippen LogP contribution in [0.15, 0.2) is 73.1 Å². The minimum Gasteiger partial charge on any atom is -0.317 e. The fourth-order valence-electron chi connectivity index (χ4n) is 4.11. The zero-order chi connectivity index (χ0) is 22.5. The molecule has 1 aliphatic rings. The Hall–Kier alpha value is -3.94. The summed E-state index contributed by atoms with van der Waals surface area (Å²) < 4.78 is 42.2. The van der Waals surface area contributed by atoms with Gasteiger partial charge in [0.25, 0.3) is 5.91 Å². The Kier molecular flexibility index (Phi) is 4.58. The van der Waals surface area contributed by atoms with Gasteiger partial charge in [-0.1, -0.05) is 42.5 Å². The number of rotatable bonds is 3. The van der Waals surface area contributed by atoms with Crippen LogP contribution in [0, 0.1) is 0 Å². The van der Waals surface area contributed by atoms with Crippen molar-refractivity contribution in [3.05, 3.63) is 89.7 Å². The third kappa shape index (κ3) is 3.24. The molecule has 1 aliphatic heterocycles. The molecule has 8 heteroatoms. The predicted molar refractivity (Wildman–Crippen MR) is 114 cm³/mol. The van der Waals surface area contributed by atoms with Gasteiger partial charge in [0, 0.05) is 23.9 Å². The minimum absolute atomic E-state index is 0.00916. The maximum absolute atomic E-state index is 13.5. The summed E-state index contributed by atoms with van der Waals surface area (Å²) in [6.07, 6.45) is -2.90. The number of aryl methyl sites for hydroxylation is 1. The summed E-state index contributed by atoms with van der Waals surface area (Å²) in [6, 6.07) is 18.6. The average Bonchev–Trinajstić information content (AvgIpc) is 3.36. The summed E-state index contributed by atoms with van der Waals surface area (Å²) in [7, 11) is 1.85. The van der Waals surface area contributed by atoms with Gasteiger partial charge in [0.2, 0.25) is 0 Å². The SMILES string of the molecule is Cn1cnnc1-c1ccccc1-c1cccc(N2Cc3c(cccc3C(F)(F)F)C2=O)c1. The van der Waals surface area contributed by atoms with Gasteiger partial charge < -0.3 is 9.47 Å². The van der Waals surface area contributed by atoms with E-state index in [0.717, 1.165) is 22.8 Å². The molecule has 0 fully saturated rings. The summed E-state index contributed by atoms with van der Waals surface area (Å²) in [5.74, 6) is 0.246. The highest BCUT2D eigenvalue weighted by Crippen LogP contribution is 2.39. The van der Waals surface area contributed by atoms with Gasteiger partial charge in [-0.15, -0.1) is 10.2 Å². The molecule has 0 spiro atoms. The van der Waals surface area contributed by atoms with Crippen molar-refractivity contribution < 1.29 is 18.0 Å². The zero-order valence-corrected chi connectivity index (χ0v) is 17.0. The number of aromatic nitrogens is 3. The van der Waals surface area contributed by atoms with Crippen LogP contribution in [0.25, 0.3) is 22.5 Å². The van der Waals surface area contributed by atoms with E-state index in [4.69, 9.17) is 0 Å². The number of anilines is 1. The van der Waals surface area contributed by atoms with Gasteiger partial charge in [-0.25, -0.2) is 0 Å². The third-order valence-electron chi connectivity index (χ3n) is 5.62. The molecule has 2 heterocycles. The maximum atomic E-state index is 13.5. The third-order valence-corrected chi connectivity index (χ3v) is 5.62. The molecule has 5 rings (SSSR count). The van der Waals surface area contributed by atoms with Crippen LogP contribution in [0.3, 0.4) is 0 Å². The molecule has 0 saturated carbocycles. The minimum atomic E-state index is -4.52. The first-order valence-electron chi connectivity index (χ1n) is 9.89. The van der Waals surface area contributed by atoms with E-state index in [0.29, 0.717) is 11.5 Å². The molecule has 4 aromatic rings. The van der Waals surface area contributed by atoms with Gasteiger partial charge in [0.1, 0.15) is 6.33 Å². The van der Waals surface area contributed by atoms with E-state index in [9.17, 15) is 18.0 Å². The summed E-state index contributed by atoms with van der Waals surface area (Å²) in [6.45, 7) is -0.127. The summed E-state index contributed by atoms with van der Waals surface area (Å²) in [5.41, 5.74) is 2.42. The van der Waals surface area contributed by atoms with Gasteiger partial charge in [-0.05, 0) is 41.0 Å². The molecule has 3 aromatic carbocycles. The van der Waals surface area contributed by atoms with E-state index < -0.39 is 17.6 Å². The van der Waals surface area contributed by atoms with E-state index in [1.807, 2.05) is 48.0 Å². The van der Waals surface area contributed by atoms with Crippen LogP contribution in [0.2, 0.25) is 0 Å². The second-order valence-corrected chi connectivity index (χ2v) is 7.58. The standard InChI is InChI=1S/C24H17F3N4O/c1-30-14-28-29-22(30)18-9-3-2-8-17(18)15-6-4-7-16(12-15)31-13-20-19(23(31)32)10-5-11-21(20)24(25,26)27/h2-12,14H,13H2,1H3. The number of benzene rings is 3. The molecule has 0 aliphatic carbocycles. The second kappa shape index (κ2) is 7.33. The number of nitrogens with zero attached hydrogens (tertiary/aromatic N) is 4. The topological polar surface area (TPSA) is 51.0 Å². The van der Waals surface area contributed by atoms with Crippen LogP contribution < -0.4 is 4.90 Å². The molecule has 0 atom stereocenters. The van der Waals surface area contributed by atoms with Gasteiger partial charge in [0.05, 0.1) is 12.1 Å². The summed E-state index contributed by atoms with van der Waals surface area (Å²) >= 11 is 0. The van der Waals surface area contributed by atoms with Crippen molar-refractivity contribution in [2.45, 2.75) is 12.7 Å². The number of carbonyl (C=O) groups excluding carboxylic acids is 1. The number of fused-ring (bicyclic) bond motifs is 1. The van der Waals surface area contributed by atoms with E-state index in [2.05, 4.69) is 10.2 Å². The number of amides is 1. The maximum Gasteiger partial charge on any atom is 0.416 e. The molecule has 1 amide bonds. The van der Waals surface area contributed by atoms with E-state index in [1.165, 1.54) is 17.0 Å². The molecule has 0 saturated heterocycles. The lowest BCUT2D eigenvalue weighted by Gasteiger charge is -2.18. The van der Waals surface area contributed by atoms with Crippen molar-refractivity contribution in [1.82, 2.24) is 14.8 Å². The van der Waals surface area contributed by atoms with Gasteiger partial charge in [-0.3, -0.25) is 4.79 Å². The molecular weight excluding hydrogens is 417 g/mol. The van der Waals surface area contributed by atoms with E-state index in [1.54, 1.807) is 18.5 Å². The van der Waals surface area contributed by atoms with E-state index in [-0.39, 0.29) is 17.7 Å². The van der Waals surface area contributed by atoms with Crippen LogP contribution in [0.4, 0.5) is 18.9 Å². The molecule has 0 N–H and O–H groups in total. The van der Waals surface area contributed by atoms with Crippen LogP contribution in [-0.4, -0.2) is 20.7 Å². The Bertz CT molecular complexity index is 1340. The van der Waals surface area contributed by atoms with Crippen molar-refractivity contribution in [1.29, 1.82) is 0 Å². The van der Waals surface area contributed by atoms with Crippen LogP contribution in [0.1, 0.15) is 21.5 Å². The predicted octanol–water partition coefficient (Wildman–Crippen LogP) is 5.33. The molecule has 1 aromatic heterocycles. The zero-order valence-electron chi connectivity index (χ0n) is 17.0. The lowest BCUT2D eigenvalue weighted by Crippen LogP contribution is -2.23. The Morgan fingerprint density at radius 2 is 1.62 bits per heavy atom. The highest BCUT2D eigenvalue weighted by atomic mass is 19.4. The molecule has 32 heavy (non-hydrogen) atoms. The first kappa shape index (κ1) is 20.0. The molecular formula is C24H17F3N4O. The first-order valence-corrected chi connectivity index (χ1v) is 9.89. The monoisotopic (exact) mass is 434 g/mol. The van der Waals surface area contributed by atoms with Gasteiger partial charge >= 0.3 is 6.18 Å². The quantitative estimate of drug-likeness (QED) is 0.438. The Balaban J connectivity index is 1.56. The number of carbonyl (C=O) groups is 1. The average molecular weight is 434 g/mol. The van der Waals surface area contributed by atoms with Crippen LogP contribution >= 0.6 is 0 Å². The second-order valence-electron chi connectivity index (χ2n) is 7.58. The molecule has 0 bridgehead atoms. The highest BCUT2D eigenvalue weighted by molar-refractivity contribution is 6.10. The summed E-state index contributed by atoms with van der Waals surface area (Å²) in [4.78, 5) is 14.3. The highest BCUT2D eigenvalue weighted by Gasteiger charge is 2.39. The normalized spacial score (nSPS) is 13.5. The lowest BCUT2D eigenvalue weighted by atomic mass is 9.98. The number of hydrogen-bond acceptors (Lipinski definition) is 3.